The second-order valence-electron chi connectivity index (χ2n) is 13.9. The van der Waals surface area contributed by atoms with Crippen LogP contribution >= 0.6 is 0 Å². The Kier molecular flexibility index (Phi) is 11.5. The highest BCUT2D eigenvalue weighted by molar-refractivity contribution is 7.92. The van der Waals surface area contributed by atoms with Crippen LogP contribution in [0.5, 0.6) is 0 Å². The van der Waals surface area contributed by atoms with Crippen molar-refractivity contribution in [1.29, 1.82) is 0 Å². The highest BCUT2D eigenvalue weighted by Crippen LogP contribution is 2.26. The molecule has 5 aromatic rings. The number of nitrogens with one attached hydrogen (secondary N) is 1. The minimum Gasteiger partial charge on any atom is -0.344 e. The summed E-state index contributed by atoms with van der Waals surface area (Å²) in [6.07, 6.45) is 0.136. The third-order valence-electron chi connectivity index (χ3n) is 10.1. The molecule has 0 spiro atoms. The Hall–Kier alpha value is -5.87. The van der Waals surface area contributed by atoms with Crippen molar-refractivity contribution in [2.45, 2.75) is 22.3 Å². The lowest BCUT2D eigenvalue weighted by atomic mass is 10.0. The molecule has 2 saturated heterocycles. The van der Waals surface area contributed by atoms with E-state index in [2.05, 4.69) is 5.32 Å². The first-order valence-corrected chi connectivity index (χ1v) is 22.9. The van der Waals surface area contributed by atoms with Gasteiger partial charge in [-0.2, -0.15) is 8.61 Å². The van der Waals surface area contributed by atoms with Crippen LogP contribution in [0.1, 0.15) is 17.4 Å². The quantitative estimate of drug-likeness (QED) is 0.139. The lowest BCUT2D eigenvalue weighted by Crippen LogP contribution is -2.54. The van der Waals surface area contributed by atoms with Gasteiger partial charge in [-0.1, -0.05) is 42.5 Å². The zero-order valence-electron chi connectivity index (χ0n) is 31.2. The normalized spacial score (nSPS) is 17.1. The molecule has 59 heavy (non-hydrogen) atoms. The lowest BCUT2D eigenvalue weighted by molar-refractivity contribution is -0.384. The number of hydrogen-bond acceptors (Lipinski definition) is 12. The van der Waals surface area contributed by atoms with Crippen LogP contribution in [0.3, 0.4) is 0 Å². The van der Waals surface area contributed by atoms with Crippen molar-refractivity contribution >= 4 is 58.3 Å². The van der Waals surface area contributed by atoms with Crippen molar-refractivity contribution in [3.63, 3.8) is 0 Å². The van der Waals surface area contributed by atoms with Gasteiger partial charge >= 0.3 is 0 Å². The van der Waals surface area contributed by atoms with E-state index in [1.54, 1.807) is 36.4 Å². The first-order valence-electron chi connectivity index (χ1n) is 18.2. The fourth-order valence-corrected chi connectivity index (χ4v) is 11.2. The molecule has 1 atom stereocenters. The van der Waals surface area contributed by atoms with E-state index in [-0.39, 0.29) is 76.5 Å². The zero-order valence-corrected chi connectivity index (χ0v) is 33.6. The van der Waals surface area contributed by atoms with E-state index in [1.807, 2.05) is 18.2 Å². The van der Waals surface area contributed by atoms with Gasteiger partial charge in [0.25, 0.3) is 11.2 Å². The highest BCUT2D eigenvalue weighted by Gasteiger charge is 2.35. The highest BCUT2D eigenvalue weighted by atomic mass is 32.2. The van der Waals surface area contributed by atoms with Crippen molar-refractivity contribution in [2.75, 3.05) is 50.8 Å². The summed E-state index contributed by atoms with van der Waals surface area (Å²) in [5.74, 6) is -1.77. The van der Waals surface area contributed by atoms with E-state index in [0.29, 0.717) is 5.52 Å². The Bertz CT molecular complexity index is 2820. The molecule has 0 radical (unpaired) electrons. The topological polar surface area (TPSA) is 236 Å². The molecule has 2 fully saturated rings. The number of non-ortho nitro benzene ring substituents is 1. The zero-order chi connectivity index (χ0) is 42.1. The summed E-state index contributed by atoms with van der Waals surface area (Å²) in [5, 5.41) is 14.2. The number of benzene rings is 4. The first kappa shape index (κ1) is 41.3. The van der Waals surface area contributed by atoms with E-state index < -0.39 is 71.3 Å². The summed E-state index contributed by atoms with van der Waals surface area (Å²) >= 11 is 0. The fourth-order valence-electron chi connectivity index (χ4n) is 6.90. The number of carbonyl (C=O) groups is 2. The Morgan fingerprint density at radius 3 is 2.00 bits per heavy atom. The number of sulfone groups is 1. The predicted octanol–water partition coefficient (Wildman–Crippen LogP) is 1.65. The molecule has 4 aromatic carbocycles. The largest absolute Gasteiger partial charge is 0.344 e. The molecule has 2 aliphatic heterocycles. The third-order valence-corrected chi connectivity index (χ3v) is 15.5. The van der Waals surface area contributed by atoms with Crippen LogP contribution in [0.15, 0.2) is 118 Å². The molecule has 3 heterocycles. The number of carbonyl (C=O) groups excluding carboxylic acids is 2. The average molecular weight is 864 g/mol. The summed E-state index contributed by atoms with van der Waals surface area (Å²) in [4.78, 5) is 57.5. The van der Waals surface area contributed by atoms with Gasteiger partial charge in [-0.3, -0.25) is 29.1 Å². The maximum Gasteiger partial charge on any atom is 0.269 e. The fraction of sp³-hybridized carbons (Fsp3) is 0.263. The van der Waals surface area contributed by atoms with Crippen LogP contribution in [-0.2, 0) is 45.9 Å². The van der Waals surface area contributed by atoms with Crippen LogP contribution in [0.4, 0.5) is 5.69 Å². The number of fused-ring (bicyclic) bond motifs is 1. The van der Waals surface area contributed by atoms with E-state index in [9.17, 15) is 49.8 Å². The van der Waals surface area contributed by atoms with Crippen LogP contribution in [0.2, 0.25) is 0 Å². The van der Waals surface area contributed by atoms with Crippen LogP contribution in [0, 0.1) is 10.1 Å². The molecule has 1 aromatic heterocycles. The smallest absolute Gasteiger partial charge is 0.269 e. The molecule has 7 rings (SSSR count). The minimum atomic E-state index is -4.19. The SMILES string of the molecule is O=C(CN1CCN(S(=O)(=O)c2ccc([N+](=O)[O-])cc2)CC1=O)N[C@@H](Cc1ccccc1)c1nc2ccccc2c(=O)n1-c1ccc(S(=O)(=O)N2CCS(=O)(=O)CC2)cc1. The molecule has 2 aliphatic rings. The number of para-hydroxylation sites is 1. The number of hydrogen-bond donors (Lipinski definition) is 1. The molecule has 18 nitrogen and oxygen atoms in total. The summed E-state index contributed by atoms with van der Waals surface area (Å²) in [6, 6.07) is 24.5. The van der Waals surface area contributed by atoms with Gasteiger partial charge in [0.05, 0.1) is 61.9 Å². The van der Waals surface area contributed by atoms with Crippen LogP contribution < -0.4 is 10.9 Å². The molecular formula is C38H37N7O11S3. The summed E-state index contributed by atoms with van der Waals surface area (Å²) in [7, 11) is -11.6. The molecule has 0 bridgehead atoms. The van der Waals surface area contributed by atoms with Crippen molar-refractivity contribution in [3.8, 4) is 5.69 Å². The number of amides is 2. The second kappa shape index (κ2) is 16.4. The van der Waals surface area contributed by atoms with Gasteiger partial charge in [-0.25, -0.2) is 30.2 Å². The van der Waals surface area contributed by atoms with Crippen LogP contribution in [-0.4, -0.2) is 116 Å². The van der Waals surface area contributed by atoms with Crippen molar-refractivity contribution in [2.24, 2.45) is 0 Å². The molecule has 308 valence electrons. The molecule has 1 N–H and O–H groups in total. The predicted molar refractivity (Wildman–Crippen MR) is 214 cm³/mol. The number of aromatic nitrogens is 2. The maximum absolute atomic E-state index is 14.3. The van der Waals surface area contributed by atoms with E-state index in [4.69, 9.17) is 4.98 Å². The number of sulfonamides is 2. The Balaban J connectivity index is 1.17. The minimum absolute atomic E-state index is 0.105. The molecule has 2 amide bonds. The Morgan fingerprint density at radius 1 is 0.780 bits per heavy atom. The van der Waals surface area contributed by atoms with Crippen LogP contribution in [0.25, 0.3) is 16.6 Å². The molecular weight excluding hydrogens is 827 g/mol. The van der Waals surface area contributed by atoms with Crippen molar-refractivity contribution in [1.82, 2.24) is 28.4 Å². The molecule has 21 heteroatoms. The Morgan fingerprint density at radius 2 is 1.37 bits per heavy atom. The Labute approximate surface area is 338 Å². The number of piperazine rings is 1. The van der Waals surface area contributed by atoms with Gasteiger partial charge < -0.3 is 10.2 Å². The molecule has 0 saturated carbocycles. The van der Waals surface area contributed by atoms with E-state index >= 15 is 0 Å². The van der Waals surface area contributed by atoms with E-state index in [0.717, 1.165) is 38.4 Å². The summed E-state index contributed by atoms with van der Waals surface area (Å²) in [5.41, 5.74) is 0.525. The van der Waals surface area contributed by atoms with Gasteiger partial charge in [0.15, 0.2) is 9.84 Å². The van der Waals surface area contributed by atoms with Crippen molar-refractivity contribution < 1.29 is 39.8 Å². The van der Waals surface area contributed by atoms with Gasteiger partial charge in [-0.15, -0.1) is 0 Å². The van der Waals surface area contributed by atoms with E-state index in [1.165, 1.54) is 33.7 Å². The standard InChI is InChI=1S/C38H37N7O11S3/c46-35(25-41-18-19-43(26-36(41)47)59(55,56)31-16-12-29(13-17-31)45(49)50)39-34(24-27-6-2-1-3-7-27)37-40-33-9-5-4-8-32(33)38(48)44(37)28-10-14-30(15-11-28)58(53,54)42-20-22-57(51,52)23-21-42/h1-17,34H,18-26H2,(H,39,46)/t34-/m0/s1. The first-order chi connectivity index (χ1) is 28.0. The van der Waals surface area contributed by atoms with Gasteiger partial charge in [-0.05, 0) is 60.5 Å². The number of nitrogens with zero attached hydrogens (tertiary/aromatic N) is 6. The van der Waals surface area contributed by atoms with Gasteiger partial charge in [0, 0.05) is 38.3 Å². The maximum atomic E-state index is 14.3. The second-order valence-corrected chi connectivity index (χ2v) is 20.1. The summed E-state index contributed by atoms with van der Waals surface area (Å²) in [6.45, 7) is -1.70. The van der Waals surface area contributed by atoms with Crippen molar-refractivity contribution in [3.05, 3.63) is 135 Å². The lowest BCUT2D eigenvalue weighted by Gasteiger charge is -2.33. The number of nitro benzene ring substituents is 1. The summed E-state index contributed by atoms with van der Waals surface area (Å²) < 4.78 is 80.7. The molecule has 0 unspecified atom stereocenters. The third kappa shape index (κ3) is 8.78. The average Bonchev–Trinajstić information content (AvgIpc) is 3.21. The molecule has 0 aliphatic carbocycles. The van der Waals surface area contributed by atoms with Gasteiger partial charge in [0.1, 0.15) is 5.82 Å². The monoisotopic (exact) mass is 863 g/mol. The van der Waals surface area contributed by atoms with Gasteiger partial charge in [0.2, 0.25) is 31.9 Å². The number of nitro groups is 1. The number of rotatable bonds is 12.